The molecule has 0 saturated heterocycles. The van der Waals surface area contributed by atoms with Gasteiger partial charge in [-0.25, -0.2) is 14.5 Å². The second kappa shape index (κ2) is 6.43. The minimum Gasteiger partial charge on any atom is -0.480 e. The quantitative estimate of drug-likeness (QED) is 0.786. The molecule has 2 rings (SSSR count). The van der Waals surface area contributed by atoms with Crippen LogP contribution in [0.4, 0.5) is 5.69 Å². The largest absolute Gasteiger partial charge is 0.480 e. The molecular weight excluding hydrogens is 264 g/mol. The van der Waals surface area contributed by atoms with E-state index in [0.29, 0.717) is 11.5 Å². The van der Waals surface area contributed by atoms with E-state index in [1.54, 1.807) is 35.3 Å². The lowest BCUT2D eigenvalue weighted by molar-refractivity contribution is -0.143. The second-order valence-corrected chi connectivity index (χ2v) is 3.79. The van der Waals surface area contributed by atoms with E-state index in [9.17, 15) is 9.59 Å². The fourth-order valence-electron chi connectivity index (χ4n) is 1.43. The molecule has 104 valence electrons. The van der Waals surface area contributed by atoms with Crippen LogP contribution in [0.2, 0.25) is 0 Å². The molecule has 0 saturated carbocycles. The van der Waals surface area contributed by atoms with E-state index in [2.05, 4.69) is 20.1 Å². The molecule has 0 atom stereocenters. The highest BCUT2D eigenvalue weighted by atomic mass is 16.5. The van der Waals surface area contributed by atoms with Crippen molar-refractivity contribution in [2.75, 3.05) is 18.5 Å². The molecule has 0 spiro atoms. The number of carbonyl (C=O) groups excluding carboxylic acids is 1. The molecule has 0 aliphatic rings. The maximum Gasteiger partial charge on any atom is 0.329 e. The molecule has 2 N–H and O–H groups in total. The normalized spacial score (nSPS) is 10.2. The number of amides is 1. The summed E-state index contributed by atoms with van der Waals surface area (Å²) in [7, 11) is 0. The summed E-state index contributed by atoms with van der Waals surface area (Å²) in [6.07, 6.45) is 4.86. The molecule has 0 aromatic carbocycles. The van der Waals surface area contributed by atoms with E-state index in [-0.39, 0.29) is 6.61 Å². The Balaban J connectivity index is 1.87. The van der Waals surface area contributed by atoms with E-state index in [1.807, 2.05) is 0 Å². The van der Waals surface area contributed by atoms with Crippen molar-refractivity contribution >= 4 is 17.6 Å². The first-order chi connectivity index (χ1) is 9.65. The molecular formula is C12H12N4O4. The van der Waals surface area contributed by atoms with Gasteiger partial charge in [-0.2, -0.15) is 5.10 Å². The van der Waals surface area contributed by atoms with Crippen molar-refractivity contribution in [1.29, 1.82) is 0 Å². The van der Waals surface area contributed by atoms with Crippen LogP contribution in [0.5, 0.6) is 0 Å². The average Bonchev–Trinajstić information content (AvgIpc) is 2.93. The fourth-order valence-corrected chi connectivity index (χ4v) is 1.43. The van der Waals surface area contributed by atoms with Gasteiger partial charge in [0.2, 0.25) is 5.91 Å². The summed E-state index contributed by atoms with van der Waals surface area (Å²) >= 11 is 0. The van der Waals surface area contributed by atoms with Crippen LogP contribution in [0.25, 0.3) is 5.82 Å². The number of rotatable bonds is 6. The number of carboxylic acids is 1. The Hall–Kier alpha value is -2.74. The number of aliphatic carboxylic acids is 1. The maximum absolute atomic E-state index is 11.4. The Kier molecular flexibility index (Phi) is 4.40. The van der Waals surface area contributed by atoms with Crippen LogP contribution < -0.4 is 5.32 Å². The van der Waals surface area contributed by atoms with Crippen molar-refractivity contribution in [1.82, 2.24) is 14.8 Å². The Morgan fingerprint density at radius 2 is 2.20 bits per heavy atom. The van der Waals surface area contributed by atoms with Gasteiger partial charge >= 0.3 is 5.97 Å². The van der Waals surface area contributed by atoms with Crippen molar-refractivity contribution in [3.63, 3.8) is 0 Å². The van der Waals surface area contributed by atoms with Crippen LogP contribution in [-0.2, 0) is 14.3 Å². The highest BCUT2D eigenvalue weighted by Gasteiger charge is 2.05. The molecule has 0 radical (unpaired) electrons. The smallest absolute Gasteiger partial charge is 0.329 e. The zero-order valence-electron chi connectivity index (χ0n) is 10.4. The van der Waals surface area contributed by atoms with E-state index >= 15 is 0 Å². The van der Waals surface area contributed by atoms with Crippen molar-refractivity contribution in [2.45, 2.75) is 0 Å². The number of carboxylic acid groups (broad SMARTS) is 1. The van der Waals surface area contributed by atoms with Gasteiger partial charge in [-0.1, -0.05) is 0 Å². The van der Waals surface area contributed by atoms with Crippen LogP contribution in [-0.4, -0.2) is 45.0 Å². The number of aromatic nitrogens is 3. The third kappa shape index (κ3) is 3.89. The van der Waals surface area contributed by atoms with Crippen molar-refractivity contribution in [3.8, 4) is 5.82 Å². The molecule has 8 nitrogen and oxygen atoms in total. The number of carbonyl (C=O) groups is 2. The van der Waals surface area contributed by atoms with Crippen LogP contribution in [0.3, 0.4) is 0 Å². The summed E-state index contributed by atoms with van der Waals surface area (Å²) in [6, 6.07) is 5.14. The second-order valence-electron chi connectivity index (χ2n) is 3.79. The van der Waals surface area contributed by atoms with Crippen molar-refractivity contribution in [2.24, 2.45) is 0 Å². The SMILES string of the molecule is O=C(O)COCC(=O)Nc1ccc(-n2cccn2)nc1. The van der Waals surface area contributed by atoms with Crippen molar-refractivity contribution in [3.05, 3.63) is 36.8 Å². The number of nitrogens with one attached hydrogen (secondary N) is 1. The van der Waals surface area contributed by atoms with Gasteiger partial charge in [-0.3, -0.25) is 4.79 Å². The Morgan fingerprint density at radius 1 is 1.35 bits per heavy atom. The molecule has 0 aliphatic heterocycles. The van der Waals surface area contributed by atoms with E-state index in [0.717, 1.165) is 0 Å². The standard InChI is InChI=1S/C12H12N4O4/c17-11(7-20-8-12(18)19)15-9-2-3-10(13-6-9)16-5-1-4-14-16/h1-6H,7-8H2,(H,15,17)(H,18,19). The minimum atomic E-state index is -1.12. The minimum absolute atomic E-state index is 0.326. The number of nitrogens with zero attached hydrogens (tertiary/aromatic N) is 3. The predicted molar refractivity (Wildman–Crippen MR) is 68.4 cm³/mol. The summed E-state index contributed by atoms with van der Waals surface area (Å²) in [6.45, 7) is -0.836. The third-order valence-electron chi connectivity index (χ3n) is 2.23. The van der Waals surface area contributed by atoms with Gasteiger partial charge in [-0.15, -0.1) is 0 Å². The first-order valence-electron chi connectivity index (χ1n) is 5.70. The molecule has 2 aromatic heterocycles. The Bertz CT molecular complexity index is 580. The topological polar surface area (TPSA) is 106 Å². The number of hydrogen-bond acceptors (Lipinski definition) is 5. The summed E-state index contributed by atoms with van der Waals surface area (Å²) in [5.74, 6) is -0.946. The first kappa shape index (κ1) is 13.7. The lowest BCUT2D eigenvalue weighted by Gasteiger charge is -2.06. The van der Waals surface area contributed by atoms with Gasteiger partial charge in [0.25, 0.3) is 0 Å². The fraction of sp³-hybridized carbons (Fsp3) is 0.167. The Morgan fingerprint density at radius 3 is 2.80 bits per heavy atom. The van der Waals surface area contributed by atoms with Crippen molar-refractivity contribution < 1.29 is 19.4 Å². The lowest BCUT2D eigenvalue weighted by atomic mass is 10.4. The zero-order valence-corrected chi connectivity index (χ0v) is 10.4. The Labute approximate surface area is 114 Å². The monoisotopic (exact) mass is 276 g/mol. The van der Waals surface area contributed by atoms with Crippen LogP contribution in [0, 0.1) is 0 Å². The summed E-state index contributed by atoms with van der Waals surface area (Å²) in [5, 5.41) is 14.9. The molecule has 0 aliphatic carbocycles. The molecule has 8 heteroatoms. The van der Waals surface area contributed by atoms with Gasteiger partial charge < -0.3 is 15.2 Å². The predicted octanol–water partition coefficient (Wildman–Crippen LogP) is 0.307. The van der Waals surface area contributed by atoms with Gasteiger partial charge in [0.05, 0.1) is 11.9 Å². The van der Waals surface area contributed by atoms with Crippen LogP contribution in [0.15, 0.2) is 36.8 Å². The van der Waals surface area contributed by atoms with Crippen LogP contribution >= 0.6 is 0 Å². The van der Waals surface area contributed by atoms with E-state index in [1.165, 1.54) is 6.20 Å². The molecule has 2 heterocycles. The number of ether oxygens (including phenoxy) is 1. The van der Waals surface area contributed by atoms with Gasteiger partial charge in [-0.05, 0) is 18.2 Å². The zero-order chi connectivity index (χ0) is 14.4. The number of anilines is 1. The number of pyridine rings is 1. The highest BCUT2D eigenvalue weighted by molar-refractivity contribution is 5.91. The summed E-state index contributed by atoms with van der Waals surface area (Å²) in [5.41, 5.74) is 0.491. The third-order valence-corrected chi connectivity index (χ3v) is 2.23. The summed E-state index contributed by atoms with van der Waals surface area (Å²) in [4.78, 5) is 25.8. The van der Waals surface area contributed by atoms with E-state index in [4.69, 9.17) is 5.11 Å². The van der Waals surface area contributed by atoms with Gasteiger partial charge in [0, 0.05) is 12.4 Å². The van der Waals surface area contributed by atoms with Gasteiger partial charge in [0.15, 0.2) is 5.82 Å². The van der Waals surface area contributed by atoms with Gasteiger partial charge in [0.1, 0.15) is 13.2 Å². The lowest BCUT2D eigenvalue weighted by Crippen LogP contribution is -2.20. The maximum atomic E-state index is 11.4. The number of hydrogen-bond donors (Lipinski definition) is 2. The first-order valence-corrected chi connectivity index (χ1v) is 5.70. The highest BCUT2D eigenvalue weighted by Crippen LogP contribution is 2.08. The molecule has 20 heavy (non-hydrogen) atoms. The molecule has 2 aromatic rings. The molecule has 0 unspecified atom stereocenters. The summed E-state index contributed by atoms with van der Waals surface area (Å²) < 4.78 is 6.25. The average molecular weight is 276 g/mol. The van der Waals surface area contributed by atoms with E-state index < -0.39 is 18.5 Å². The molecule has 1 amide bonds. The molecule has 0 bridgehead atoms. The van der Waals surface area contributed by atoms with Crippen LogP contribution in [0.1, 0.15) is 0 Å². The molecule has 0 fully saturated rings.